The molecule has 0 saturated heterocycles. The third-order valence-corrected chi connectivity index (χ3v) is 19.3. The molecule has 0 aliphatic carbocycles. The Morgan fingerprint density at radius 3 is 1.14 bits per heavy atom. The topological polar surface area (TPSA) is 36.9 Å². The molecule has 0 aliphatic heterocycles. The molecule has 2 radical (unpaired) electrons. The average molecular weight is 427 g/mol. The summed E-state index contributed by atoms with van der Waals surface area (Å²) in [7, 11) is -4.55. The summed E-state index contributed by atoms with van der Waals surface area (Å²) >= 11 is -3.62. The second kappa shape index (κ2) is 8.92. The van der Waals surface area contributed by atoms with Gasteiger partial charge in [-0.3, -0.25) is 0 Å². The van der Waals surface area contributed by atoms with Crippen molar-refractivity contribution in [2.75, 3.05) is 12.5 Å². The van der Waals surface area contributed by atoms with E-state index in [-0.39, 0.29) is 0 Å². The van der Waals surface area contributed by atoms with E-state index in [0.29, 0.717) is 0 Å². The van der Waals surface area contributed by atoms with Crippen LogP contribution < -0.4 is 0 Å². The van der Waals surface area contributed by atoms with Crippen molar-refractivity contribution in [2.24, 2.45) is 0 Å². The quantitative estimate of drug-likeness (QED) is 0.498. The van der Waals surface area contributed by atoms with Crippen LogP contribution in [0.1, 0.15) is 0 Å². The molecular weight excluding hydrogens is 393 g/mol. The first-order chi connectivity index (χ1) is 9.25. The van der Waals surface area contributed by atoms with Gasteiger partial charge in [0.2, 0.25) is 0 Å². The molecule has 0 rings (SSSR count). The molecule has 0 aliphatic rings. The van der Waals surface area contributed by atoms with Crippen LogP contribution in [0, 0.1) is 0 Å². The third kappa shape index (κ3) is 12.4. The molecule has 0 fully saturated rings. The molecule has 9 heteroatoms. The normalized spacial score (nSPS) is 14.3. The van der Waals surface area contributed by atoms with Crippen molar-refractivity contribution in [3.8, 4) is 0 Å². The van der Waals surface area contributed by atoms with Gasteiger partial charge in [-0.1, -0.05) is 0 Å². The second-order valence-corrected chi connectivity index (χ2v) is 28.1. The van der Waals surface area contributed by atoms with E-state index < -0.39 is 48.8 Å². The first-order valence-corrected chi connectivity index (χ1v) is 23.2. The van der Waals surface area contributed by atoms with Crippen LogP contribution in [0.5, 0.6) is 0 Å². The number of rotatable bonds is 10. The van der Waals surface area contributed by atoms with Crippen molar-refractivity contribution >= 4 is 48.8 Å². The maximum atomic E-state index is 6.43. The zero-order valence-electron chi connectivity index (χ0n) is 15.5. The summed E-state index contributed by atoms with van der Waals surface area (Å²) in [6.45, 7) is 22.1. The van der Waals surface area contributed by atoms with Crippen molar-refractivity contribution in [1.29, 1.82) is 0 Å². The van der Waals surface area contributed by atoms with E-state index in [9.17, 15) is 0 Å². The van der Waals surface area contributed by atoms with Gasteiger partial charge in [0, 0.05) is 0 Å². The van der Waals surface area contributed by atoms with Gasteiger partial charge in [-0.05, 0) is 0 Å². The van der Waals surface area contributed by atoms with Crippen molar-refractivity contribution in [2.45, 2.75) is 65.5 Å². The summed E-state index contributed by atoms with van der Waals surface area (Å²) < 4.78 is 25.3. The molecule has 0 aromatic carbocycles. The Kier molecular flexibility index (Phi) is 9.45. The molecule has 0 N–H and O–H groups in total. The second-order valence-electron chi connectivity index (χ2n) is 7.92. The monoisotopic (exact) mass is 428 g/mol. The number of hydrogen-bond acceptors (Lipinski definition) is 4. The summed E-state index contributed by atoms with van der Waals surface area (Å²) in [5, 5.41) is 0. The number of hydrogen-bond donors (Lipinski definition) is 0. The van der Waals surface area contributed by atoms with Crippen LogP contribution in [0.3, 0.4) is 0 Å². The molecule has 0 heterocycles. The molecule has 126 valence electrons. The van der Waals surface area contributed by atoms with E-state index in [1.54, 1.807) is 0 Å². The Hall–Kier alpha value is 1.25. The fourth-order valence-corrected chi connectivity index (χ4v) is 22.0. The van der Waals surface area contributed by atoms with Crippen LogP contribution in [0.25, 0.3) is 0 Å². The fourth-order valence-electron chi connectivity index (χ4n) is 1.40. The molecular formula is C12H34GeO4Si4. The Morgan fingerprint density at radius 2 is 0.952 bits per heavy atom. The molecule has 0 atom stereocenters. The molecule has 0 aromatic rings. The van der Waals surface area contributed by atoms with Crippen LogP contribution in [0.2, 0.25) is 65.5 Å². The van der Waals surface area contributed by atoms with Crippen LogP contribution in [-0.4, -0.2) is 61.3 Å². The van der Waals surface area contributed by atoms with Gasteiger partial charge in [-0.25, -0.2) is 0 Å². The molecule has 4 nitrogen and oxygen atoms in total. The van der Waals surface area contributed by atoms with Crippen molar-refractivity contribution in [3.63, 3.8) is 0 Å². The van der Waals surface area contributed by atoms with Gasteiger partial charge in [0.15, 0.2) is 0 Å². The van der Waals surface area contributed by atoms with E-state index in [2.05, 4.69) is 65.5 Å². The molecule has 0 bridgehead atoms. The van der Waals surface area contributed by atoms with Gasteiger partial charge >= 0.3 is 141 Å². The summed E-state index contributed by atoms with van der Waals surface area (Å²) in [5.74, 6) is 0. The van der Waals surface area contributed by atoms with Gasteiger partial charge in [0.1, 0.15) is 0 Å². The fraction of sp³-hybridized carbons (Fsp3) is 1.00. The zero-order chi connectivity index (χ0) is 16.9. The molecule has 0 amide bonds. The van der Waals surface area contributed by atoms with Crippen molar-refractivity contribution < 1.29 is 14.4 Å². The zero-order valence-corrected chi connectivity index (χ0v) is 21.6. The maximum absolute atomic E-state index is 6.43. The van der Waals surface area contributed by atoms with E-state index in [1.165, 1.54) is 0 Å². The van der Waals surface area contributed by atoms with Crippen LogP contribution in [-0.2, 0) is 14.4 Å². The van der Waals surface area contributed by atoms with Gasteiger partial charge in [0.25, 0.3) is 0 Å². The Balaban J connectivity index is 5.25. The van der Waals surface area contributed by atoms with Gasteiger partial charge in [0.05, 0.1) is 0 Å². The summed E-state index contributed by atoms with van der Waals surface area (Å²) in [5.41, 5.74) is 0. The Labute approximate surface area is 141 Å². The molecule has 0 saturated carbocycles. The van der Waals surface area contributed by atoms with Gasteiger partial charge in [-0.2, -0.15) is 0 Å². The Bertz CT molecular complexity index is 273. The van der Waals surface area contributed by atoms with Crippen LogP contribution in [0.4, 0.5) is 0 Å². The predicted molar refractivity (Wildman–Crippen MR) is 101 cm³/mol. The molecule has 21 heavy (non-hydrogen) atoms. The minimum atomic E-state index is -3.62. The van der Waals surface area contributed by atoms with Crippen molar-refractivity contribution in [3.05, 3.63) is 0 Å². The first kappa shape index (κ1) is 22.3. The van der Waals surface area contributed by atoms with Crippen molar-refractivity contribution in [1.82, 2.24) is 0 Å². The van der Waals surface area contributed by atoms with E-state index in [4.69, 9.17) is 14.4 Å². The van der Waals surface area contributed by atoms with E-state index >= 15 is 0 Å². The standard InChI is InChI=1S/C12H34GeO4Si4/c1-18(2)11-14-13(15-12-19(3)4,16-20(5,6)7)17-21(8,9)10/h11-12H2,1-10H3. The summed E-state index contributed by atoms with van der Waals surface area (Å²) in [4.78, 5) is 0. The first-order valence-electron chi connectivity index (χ1n) is 7.51. The van der Waals surface area contributed by atoms with E-state index in [1.807, 2.05) is 0 Å². The van der Waals surface area contributed by atoms with Crippen LogP contribution in [0.15, 0.2) is 0 Å². The molecule has 0 unspecified atom stereocenters. The summed E-state index contributed by atoms with van der Waals surface area (Å²) in [6, 6.07) is 0. The van der Waals surface area contributed by atoms with Gasteiger partial charge < -0.3 is 0 Å². The van der Waals surface area contributed by atoms with E-state index in [0.717, 1.165) is 12.5 Å². The SMILES string of the molecule is C[Si](C)C[O][Ge]([O]C[Si](C)C)([O][Si](C)(C)C)[O][Si](C)(C)C. The van der Waals surface area contributed by atoms with Gasteiger partial charge in [-0.15, -0.1) is 0 Å². The third-order valence-electron chi connectivity index (χ3n) is 1.94. The molecule has 0 spiro atoms. The Morgan fingerprint density at radius 1 is 0.667 bits per heavy atom. The predicted octanol–water partition coefficient (Wildman–Crippen LogP) is 3.75. The molecule has 0 aromatic heterocycles. The minimum absolute atomic E-state index is 0.491. The average Bonchev–Trinajstić information content (AvgIpc) is 2.19. The summed E-state index contributed by atoms with van der Waals surface area (Å²) in [6.07, 6.45) is 1.49. The van der Waals surface area contributed by atoms with Crippen LogP contribution >= 0.6 is 0 Å².